The molecule has 4 rings (SSSR count). The summed E-state index contributed by atoms with van der Waals surface area (Å²) in [6, 6.07) is 6.88. The van der Waals surface area contributed by atoms with Crippen LogP contribution in [0.25, 0.3) is 0 Å². The number of hydrogen-bond donors (Lipinski definition) is 0. The molecule has 0 aliphatic carbocycles. The monoisotopic (exact) mass is 331 g/mol. The van der Waals surface area contributed by atoms with Crippen molar-refractivity contribution in [3.05, 3.63) is 30.1 Å². The minimum absolute atomic E-state index is 0.103. The molecule has 132 valence electrons. The van der Waals surface area contributed by atoms with Gasteiger partial charge in [0.05, 0.1) is 11.3 Å². The number of rotatable bonds is 3. The molecular weight excluding hydrogens is 302 g/mol. The fraction of sp³-hybridized carbons (Fsp3) is 0.737. The smallest absolute Gasteiger partial charge is 0.0741 e. The van der Waals surface area contributed by atoms with E-state index in [0.29, 0.717) is 6.04 Å². The number of pyridine rings is 1. The number of piperazine rings is 1. The van der Waals surface area contributed by atoms with E-state index < -0.39 is 0 Å². The van der Waals surface area contributed by atoms with Gasteiger partial charge in [-0.25, -0.2) is 0 Å². The Morgan fingerprint density at radius 3 is 2.67 bits per heavy atom. The van der Waals surface area contributed by atoms with Gasteiger partial charge in [0.15, 0.2) is 0 Å². The maximum Gasteiger partial charge on any atom is 0.0741 e. The Morgan fingerprint density at radius 2 is 1.92 bits per heavy atom. The first kappa shape index (κ1) is 16.5. The van der Waals surface area contributed by atoms with Crippen molar-refractivity contribution in [2.24, 2.45) is 0 Å². The molecule has 0 N–H and O–H groups in total. The summed E-state index contributed by atoms with van der Waals surface area (Å²) in [4.78, 5) is 9.69. The second-order valence-corrected chi connectivity index (χ2v) is 7.42. The molecule has 5 heteroatoms. The van der Waals surface area contributed by atoms with Gasteiger partial charge in [0, 0.05) is 64.8 Å². The van der Waals surface area contributed by atoms with Crippen molar-refractivity contribution in [2.45, 2.75) is 43.9 Å². The molecule has 0 radical (unpaired) electrons. The molecule has 3 saturated heterocycles. The summed E-state index contributed by atoms with van der Waals surface area (Å²) >= 11 is 0. The fourth-order valence-electron chi connectivity index (χ4n) is 4.41. The van der Waals surface area contributed by atoms with Crippen LogP contribution in [0.4, 0.5) is 0 Å². The fourth-order valence-corrected chi connectivity index (χ4v) is 4.41. The number of ether oxygens (including phenoxy) is 2. The molecule has 5 nitrogen and oxygen atoms in total. The van der Waals surface area contributed by atoms with E-state index in [2.05, 4.69) is 26.9 Å². The molecule has 1 aromatic rings. The Labute approximate surface area is 144 Å². The third-order valence-corrected chi connectivity index (χ3v) is 5.91. The van der Waals surface area contributed by atoms with Crippen LogP contribution in [0.3, 0.4) is 0 Å². The first-order chi connectivity index (χ1) is 11.8. The van der Waals surface area contributed by atoms with Crippen LogP contribution in [-0.2, 0) is 16.0 Å². The molecule has 1 spiro atoms. The van der Waals surface area contributed by atoms with Crippen molar-refractivity contribution in [3.63, 3.8) is 0 Å². The van der Waals surface area contributed by atoms with Gasteiger partial charge in [-0.15, -0.1) is 0 Å². The Morgan fingerprint density at radius 1 is 1.08 bits per heavy atom. The van der Waals surface area contributed by atoms with E-state index >= 15 is 0 Å². The van der Waals surface area contributed by atoms with Crippen LogP contribution in [0.15, 0.2) is 24.4 Å². The van der Waals surface area contributed by atoms with Gasteiger partial charge in [0.2, 0.25) is 0 Å². The highest BCUT2D eigenvalue weighted by atomic mass is 16.5. The Bertz CT molecular complexity index is 505. The van der Waals surface area contributed by atoms with E-state index in [0.717, 1.165) is 52.3 Å². The van der Waals surface area contributed by atoms with Gasteiger partial charge >= 0.3 is 0 Å². The normalized spacial score (nSPS) is 28.9. The average Bonchev–Trinajstić information content (AvgIpc) is 2.64. The minimum Gasteiger partial charge on any atom is -0.381 e. The molecule has 1 aromatic heterocycles. The van der Waals surface area contributed by atoms with Gasteiger partial charge in [0.1, 0.15) is 0 Å². The maximum atomic E-state index is 6.20. The molecule has 0 unspecified atom stereocenters. The molecule has 24 heavy (non-hydrogen) atoms. The van der Waals surface area contributed by atoms with Crippen LogP contribution in [-0.4, -0.2) is 72.4 Å². The Balaban J connectivity index is 1.29. The lowest BCUT2D eigenvalue weighted by Crippen LogP contribution is -2.55. The van der Waals surface area contributed by atoms with Gasteiger partial charge < -0.3 is 9.47 Å². The van der Waals surface area contributed by atoms with E-state index in [9.17, 15) is 0 Å². The summed E-state index contributed by atoms with van der Waals surface area (Å²) in [6.07, 6.45) is 6.41. The summed E-state index contributed by atoms with van der Waals surface area (Å²) < 4.78 is 11.7. The number of aromatic nitrogens is 1. The third kappa shape index (κ3) is 3.80. The molecule has 0 aromatic carbocycles. The lowest BCUT2D eigenvalue weighted by molar-refractivity contribution is -0.153. The van der Waals surface area contributed by atoms with E-state index in [1.54, 1.807) is 0 Å². The number of hydrogen-bond acceptors (Lipinski definition) is 5. The van der Waals surface area contributed by atoms with Gasteiger partial charge in [0.25, 0.3) is 0 Å². The zero-order chi connectivity index (χ0) is 16.2. The van der Waals surface area contributed by atoms with E-state index in [4.69, 9.17) is 9.47 Å². The first-order valence-electron chi connectivity index (χ1n) is 9.41. The van der Waals surface area contributed by atoms with Crippen LogP contribution >= 0.6 is 0 Å². The molecule has 0 amide bonds. The van der Waals surface area contributed by atoms with Gasteiger partial charge in [-0.1, -0.05) is 6.07 Å². The Hall–Kier alpha value is -1.01. The SMILES string of the molecule is c1ccc(CN2CCN([C@H]3CCOC4(CCOCC4)C3)CC2)nc1. The predicted molar refractivity (Wildman–Crippen MR) is 92.8 cm³/mol. The summed E-state index contributed by atoms with van der Waals surface area (Å²) in [5.41, 5.74) is 1.28. The van der Waals surface area contributed by atoms with E-state index in [1.807, 2.05) is 12.3 Å². The van der Waals surface area contributed by atoms with Crippen LogP contribution < -0.4 is 0 Å². The zero-order valence-corrected chi connectivity index (χ0v) is 14.5. The highest BCUT2D eigenvalue weighted by Gasteiger charge is 2.41. The summed E-state index contributed by atoms with van der Waals surface area (Å²) in [7, 11) is 0. The van der Waals surface area contributed by atoms with Crippen LogP contribution in [0, 0.1) is 0 Å². The first-order valence-corrected chi connectivity index (χ1v) is 9.41. The molecule has 4 heterocycles. The second-order valence-electron chi connectivity index (χ2n) is 7.42. The van der Waals surface area contributed by atoms with Crippen molar-refractivity contribution in [3.8, 4) is 0 Å². The van der Waals surface area contributed by atoms with E-state index in [1.165, 1.54) is 31.6 Å². The lowest BCUT2D eigenvalue weighted by Gasteiger charge is -2.48. The Kier molecular flexibility index (Phi) is 5.13. The quantitative estimate of drug-likeness (QED) is 0.846. The van der Waals surface area contributed by atoms with E-state index in [-0.39, 0.29) is 5.60 Å². The van der Waals surface area contributed by atoms with Crippen molar-refractivity contribution in [2.75, 3.05) is 46.0 Å². The molecular formula is C19H29N3O2. The molecule has 0 bridgehead atoms. The van der Waals surface area contributed by atoms with Crippen LogP contribution in [0.2, 0.25) is 0 Å². The second kappa shape index (κ2) is 7.48. The highest BCUT2D eigenvalue weighted by Crippen LogP contribution is 2.36. The molecule has 3 fully saturated rings. The predicted octanol–water partition coefficient (Wildman–Crippen LogP) is 1.93. The van der Waals surface area contributed by atoms with Crippen molar-refractivity contribution in [1.29, 1.82) is 0 Å². The standard InChI is InChI=1S/C19H29N3O2/c1-2-7-20-17(3-1)16-21-8-10-22(11-9-21)18-4-12-24-19(15-18)5-13-23-14-6-19/h1-3,7,18H,4-6,8-16H2/t18-/m0/s1. The topological polar surface area (TPSA) is 37.8 Å². The summed E-state index contributed by atoms with van der Waals surface area (Å²) in [6.45, 7) is 8.25. The molecule has 1 atom stereocenters. The summed E-state index contributed by atoms with van der Waals surface area (Å²) in [5, 5.41) is 0. The minimum atomic E-state index is 0.103. The molecule has 3 aliphatic heterocycles. The van der Waals surface area contributed by atoms with Crippen molar-refractivity contribution >= 4 is 0 Å². The van der Waals surface area contributed by atoms with Gasteiger partial charge in [-0.05, 0) is 37.8 Å². The molecule has 3 aliphatic rings. The van der Waals surface area contributed by atoms with Crippen LogP contribution in [0.1, 0.15) is 31.4 Å². The van der Waals surface area contributed by atoms with Crippen molar-refractivity contribution in [1.82, 2.24) is 14.8 Å². The third-order valence-electron chi connectivity index (χ3n) is 5.91. The maximum absolute atomic E-state index is 6.20. The number of nitrogens with zero attached hydrogens (tertiary/aromatic N) is 3. The van der Waals surface area contributed by atoms with Crippen LogP contribution in [0.5, 0.6) is 0 Å². The highest BCUT2D eigenvalue weighted by molar-refractivity contribution is 5.03. The lowest BCUT2D eigenvalue weighted by atomic mass is 9.83. The average molecular weight is 331 g/mol. The van der Waals surface area contributed by atoms with Gasteiger partial charge in [-0.2, -0.15) is 0 Å². The summed E-state index contributed by atoms with van der Waals surface area (Å²) in [5.74, 6) is 0. The zero-order valence-electron chi connectivity index (χ0n) is 14.5. The van der Waals surface area contributed by atoms with Crippen molar-refractivity contribution < 1.29 is 9.47 Å². The molecule has 0 saturated carbocycles. The largest absolute Gasteiger partial charge is 0.381 e. The van der Waals surface area contributed by atoms with Gasteiger partial charge in [-0.3, -0.25) is 14.8 Å².